The Morgan fingerprint density at radius 2 is 2.04 bits per heavy atom. The van der Waals surface area contributed by atoms with Crippen LogP contribution in [0.4, 0.5) is 17.6 Å². The standard InChI is InChI=1S/C17H19F4N5OS/c1-10(11-6-7-11)25(9-17(19,20)21)14(27)8-28-16-24-23-15(26(16)22)12-4-2-3-5-13(12)18/h2-5,10-11H,6-9,22H2,1H3. The number of halogens is 4. The molecule has 3 rings (SSSR count). The fraction of sp³-hybridized carbons (Fsp3) is 0.471. The van der Waals surface area contributed by atoms with E-state index in [1.54, 1.807) is 13.0 Å². The summed E-state index contributed by atoms with van der Waals surface area (Å²) in [6.07, 6.45) is -2.84. The zero-order valence-electron chi connectivity index (χ0n) is 15.0. The minimum absolute atomic E-state index is 0.0616. The van der Waals surface area contributed by atoms with Gasteiger partial charge in [-0.2, -0.15) is 13.2 Å². The Morgan fingerprint density at radius 3 is 2.64 bits per heavy atom. The molecule has 1 aromatic carbocycles. The van der Waals surface area contributed by atoms with Gasteiger partial charge in [-0.15, -0.1) is 10.2 Å². The third-order valence-corrected chi connectivity index (χ3v) is 5.50. The number of amides is 1. The van der Waals surface area contributed by atoms with Crippen LogP contribution >= 0.6 is 11.8 Å². The smallest absolute Gasteiger partial charge is 0.335 e. The van der Waals surface area contributed by atoms with Gasteiger partial charge in [0.15, 0.2) is 5.82 Å². The van der Waals surface area contributed by atoms with Crippen LogP contribution in [0.5, 0.6) is 0 Å². The Balaban J connectivity index is 1.70. The normalized spacial score (nSPS) is 15.5. The van der Waals surface area contributed by atoms with Gasteiger partial charge in [0.2, 0.25) is 11.1 Å². The Labute approximate surface area is 163 Å². The Hall–Kier alpha value is -2.30. The van der Waals surface area contributed by atoms with E-state index in [4.69, 9.17) is 5.84 Å². The van der Waals surface area contributed by atoms with Crippen LogP contribution in [0.3, 0.4) is 0 Å². The molecule has 2 N–H and O–H groups in total. The van der Waals surface area contributed by atoms with Crippen molar-refractivity contribution in [2.24, 2.45) is 5.92 Å². The number of nitrogen functional groups attached to an aromatic ring is 1. The molecular weight excluding hydrogens is 398 g/mol. The predicted octanol–water partition coefficient (Wildman–Crippen LogP) is 3.08. The van der Waals surface area contributed by atoms with Crippen LogP contribution < -0.4 is 5.84 Å². The third kappa shape index (κ3) is 4.75. The molecule has 152 valence electrons. The predicted molar refractivity (Wildman–Crippen MR) is 96.2 cm³/mol. The Kier molecular flexibility index (Phi) is 5.82. The molecule has 1 fully saturated rings. The van der Waals surface area contributed by atoms with Crippen molar-refractivity contribution >= 4 is 17.7 Å². The summed E-state index contributed by atoms with van der Waals surface area (Å²) in [6.45, 7) is 0.341. The summed E-state index contributed by atoms with van der Waals surface area (Å²) in [4.78, 5) is 13.3. The van der Waals surface area contributed by atoms with Crippen LogP contribution in [0.25, 0.3) is 11.4 Å². The molecule has 1 heterocycles. The second-order valence-corrected chi connectivity index (χ2v) is 7.60. The van der Waals surface area contributed by atoms with Gasteiger partial charge in [0.1, 0.15) is 12.4 Å². The number of nitrogens with two attached hydrogens (primary N) is 1. The van der Waals surface area contributed by atoms with Gasteiger partial charge < -0.3 is 10.7 Å². The molecule has 0 aliphatic heterocycles. The van der Waals surface area contributed by atoms with Crippen molar-refractivity contribution in [2.75, 3.05) is 18.1 Å². The minimum atomic E-state index is -4.48. The van der Waals surface area contributed by atoms with Crippen LogP contribution in [0, 0.1) is 11.7 Å². The summed E-state index contributed by atoms with van der Waals surface area (Å²) < 4.78 is 53.6. The van der Waals surface area contributed by atoms with Crippen LogP contribution in [-0.4, -0.2) is 50.2 Å². The highest BCUT2D eigenvalue weighted by atomic mass is 32.2. The van der Waals surface area contributed by atoms with Gasteiger partial charge in [-0.3, -0.25) is 4.79 Å². The number of thioether (sulfide) groups is 1. The number of nitrogens with zero attached hydrogens (tertiary/aromatic N) is 4. The average Bonchev–Trinajstić information content (AvgIpc) is 3.41. The van der Waals surface area contributed by atoms with Crippen LogP contribution in [0.15, 0.2) is 29.4 Å². The highest BCUT2D eigenvalue weighted by Gasteiger charge is 2.40. The van der Waals surface area contributed by atoms with E-state index >= 15 is 0 Å². The van der Waals surface area contributed by atoms with Gasteiger partial charge in [0.25, 0.3) is 0 Å². The first-order valence-corrected chi connectivity index (χ1v) is 9.60. The second kappa shape index (κ2) is 7.98. The Morgan fingerprint density at radius 1 is 1.36 bits per heavy atom. The lowest BCUT2D eigenvalue weighted by molar-refractivity contribution is -0.164. The number of aromatic nitrogens is 3. The number of carbonyl (C=O) groups excluding carboxylic acids is 1. The molecule has 28 heavy (non-hydrogen) atoms. The summed E-state index contributed by atoms with van der Waals surface area (Å²) in [5, 5.41) is 7.76. The van der Waals surface area contributed by atoms with E-state index in [1.165, 1.54) is 18.2 Å². The second-order valence-electron chi connectivity index (χ2n) is 6.66. The number of hydrogen-bond donors (Lipinski definition) is 1. The lowest BCUT2D eigenvalue weighted by Crippen LogP contribution is -2.46. The summed E-state index contributed by atoms with van der Waals surface area (Å²) in [5.74, 6) is 4.57. The topological polar surface area (TPSA) is 77.0 Å². The van der Waals surface area contributed by atoms with Crippen molar-refractivity contribution in [2.45, 2.75) is 37.1 Å². The molecule has 1 aliphatic carbocycles. The molecule has 1 atom stereocenters. The van der Waals surface area contributed by atoms with Crippen molar-refractivity contribution < 1.29 is 22.4 Å². The molecule has 0 bridgehead atoms. The molecule has 0 radical (unpaired) electrons. The maximum Gasteiger partial charge on any atom is 0.406 e. The first kappa shape index (κ1) is 20.4. The van der Waals surface area contributed by atoms with E-state index < -0.39 is 30.5 Å². The van der Waals surface area contributed by atoms with Crippen molar-refractivity contribution in [3.63, 3.8) is 0 Å². The van der Waals surface area contributed by atoms with E-state index in [2.05, 4.69) is 10.2 Å². The fourth-order valence-electron chi connectivity index (χ4n) is 2.90. The minimum Gasteiger partial charge on any atom is -0.335 e. The van der Waals surface area contributed by atoms with E-state index in [0.29, 0.717) is 0 Å². The molecular formula is C17H19F4N5OS. The van der Waals surface area contributed by atoms with E-state index in [9.17, 15) is 22.4 Å². The lowest BCUT2D eigenvalue weighted by Gasteiger charge is -2.30. The van der Waals surface area contributed by atoms with Gasteiger partial charge in [-0.1, -0.05) is 23.9 Å². The molecule has 1 aliphatic rings. The number of hydrogen-bond acceptors (Lipinski definition) is 5. The van der Waals surface area contributed by atoms with E-state index in [0.717, 1.165) is 34.2 Å². The zero-order valence-corrected chi connectivity index (χ0v) is 15.8. The zero-order chi connectivity index (χ0) is 20.5. The summed E-state index contributed by atoms with van der Waals surface area (Å²) in [5.41, 5.74) is 0.136. The van der Waals surface area contributed by atoms with Gasteiger partial charge in [-0.05, 0) is 37.8 Å². The quantitative estimate of drug-likeness (QED) is 0.426. The van der Waals surface area contributed by atoms with Crippen molar-refractivity contribution in [1.29, 1.82) is 0 Å². The van der Waals surface area contributed by atoms with Crippen LogP contribution in [-0.2, 0) is 4.79 Å². The summed E-state index contributed by atoms with van der Waals surface area (Å²) >= 11 is 0.864. The van der Waals surface area contributed by atoms with Crippen LogP contribution in [0.1, 0.15) is 19.8 Å². The molecule has 1 aromatic heterocycles. The van der Waals surface area contributed by atoms with Gasteiger partial charge in [0.05, 0.1) is 11.3 Å². The first-order chi connectivity index (χ1) is 13.2. The van der Waals surface area contributed by atoms with Crippen LogP contribution in [0.2, 0.25) is 0 Å². The number of carbonyl (C=O) groups is 1. The molecule has 1 saturated carbocycles. The molecule has 1 amide bonds. The highest BCUT2D eigenvalue weighted by Crippen LogP contribution is 2.36. The number of rotatable bonds is 7. The van der Waals surface area contributed by atoms with Gasteiger partial charge in [-0.25, -0.2) is 9.07 Å². The maximum absolute atomic E-state index is 13.9. The lowest BCUT2D eigenvalue weighted by atomic mass is 10.2. The summed E-state index contributed by atoms with van der Waals surface area (Å²) in [7, 11) is 0. The van der Waals surface area contributed by atoms with Gasteiger partial charge >= 0.3 is 6.18 Å². The molecule has 0 saturated heterocycles. The van der Waals surface area contributed by atoms with E-state index in [-0.39, 0.29) is 28.2 Å². The molecule has 11 heteroatoms. The molecule has 2 aromatic rings. The van der Waals surface area contributed by atoms with Crippen molar-refractivity contribution in [3.8, 4) is 11.4 Å². The third-order valence-electron chi connectivity index (χ3n) is 4.57. The molecule has 0 spiro atoms. The SMILES string of the molecule is CC(C1CC1)N(CC(F)(F)F)C(=O)CSc1nnc(-c2ccccc2F)n1N. The maximum atomic E-state index is 13.9. The van der Waals surface area contributed by atoms with Gasteiger partial charge in [0, 0.05) is 6.04 Å². The fourth-order valence-corrected chi connectivity index (χ4v) is 3.64. The monoisotopic (exact) mass is 417 g/mol. The Bertz CT molecular complexity index is 852. The molecule has 6 nitrogen and oxygen atoms in total. The first-order valence-electron chi connectivity index (χ1n) is 8.62. The summed E-state index contributed by atoms with van der Waals surface area (Å²) in [6, 6.07) is 5.36. The molecule has 1 unspecified atom stereocenters. The highest BCUT2D eigenvalue weighted by molar-refractivity contribution is 7.99. The number of benzene rings is 1. The average molecular weight is 417 g/mol. The number of alkyl halides is 3. The van der Waals surface area contributed by atoms with E-state index in [1.807, 2.05) is 0 Å². The van der Waals surface area contributed by atoms with Crippen molar-refractivity contribution in [3.05, 3.63) is 30.1 Å². The largest absolute Gasteiger partial charge is 0.406 e. The van der Waals surface area contributed by atoms with Crippen molar-refractivity contribution in [1.82, 2.24) is 19.8 Å².